The Balaban J connectivity index is 1.59. The molecule has 0 aliphatic carbocycles. The predicted molar refractivity (Wildman–Crippen MR) is 303 cm³/mol. The number of unbranched alkanes of at least 4 members (excludes halogenated alkanes) is 1. The molecule has 1 aliphatic rings. The highest BCUT2D eigenvalue weighted by Crippen LogP contribution is 2.17. The molecule has 4 aromatic carbocycles. The van der Waals surface area contributed by atoms with Gasteiger partial charge in [0.25, 0.3) is 5.24 Å². The summed E-state index contributed by atoms with van der Waals surface area (Å²) in [5, 5.41) is 53.7. The van der Waals surface area contributed by atoms with E-state index in [1.54, 1.807) is 31.3 Å². The Morgan fingerprint density at radius 3 is 1.73 bits per heavy atom. The van der Waals surface area contributed by atoms with Crippen molar-refractivity contribution in [3.8, 4) is 11.5 Å². The van der Waals surface area contributed by atoms with Gasteiger partial charge in [-0.2, -0.15) is 0 Å². The summed E-state index contributed by atoms with van der Waals surface area (Å²) in [5.74, 6) is -9.47. The number of aliphatic hydroxyl groups excluding tert-OH is 1. The van der Waals surface area contributed by atoms with Crippen molar-refractivity contribution in [1.29, 1.82) is 0 Å². The zero-order valence-corrected chi connectivity index (χ0v) is 46.5. The number of phenolic OH excluding ortho intramolecular Hbond substituents is 2. The summed E-state index contributed by atoms with van der Waals surface area (Å²) in [4.78, 5) is 139. The van der Waals surface area contributed by atoms with Crippen molar-refractivity contribution >= 4 is 81.8 Å². The molecule has 0 bridgehead atoms. The number of aliphatic hydroxyl groups is 1. The summed E-state index contributed by atoms with van der Waals surface area (Å²) in [6.45, 7) is 0.939. The normalized spacial score (nSPS) is 20.8. The maximum atomic E-state index is 14.8. The molecule has 4 aromatic rings. The molecule has 5 rings (SSSR count). The summed E-state index contributed by atoms with van der Waals surface area (Å²) in [7, 11) is 1.71. The first-order chi connectivity index (χ1) is 39.0. The van der Waals surface area contributed by atoms with Crippen molar-refractivity contribution in [3.05, 3.63) is 130 Å². The second kappa shape index (κ2) is 31.6. The molecule has 440 valence electrons. The van der Waals surface area contributed by atoms with Gasteiger partial charge in [-0.05, 0) is 117 Å². The molecule has 0 saturated carbocycles. The Morgan fingerprint density at radius 2 is 1.18 bits per heavy atom. The number of aromatic hydroxyl groups is 2. The average molecular weight is 1170 g/mol. The third kappa shape index (κ3) is 20.7. The Labute approximate surface area is 481 Å². The van der Waals surface area contributed by atoms with E-state index in [1.807, 2.05) is 0 Å². The standard InChI is InChI=1S/C55H69ClN12O13S/c1-29(69)45-54(80)66-43(52(78)63-40(47(59)73)24-32-10-18-36(70)19-11-32)27-61-55(81)82-28-44(67-48(74)38(57)23-30-8-16-35(56)17-9-30)53(79)65-42(26-33-12-20-37(71)21-13-33)51(77)64-41(25-31-6-14-34(15-7-31)46(58)72)50(76)62-39(49(75)68-45)5-3-4-22-60-2/h6-21,29,38-45,60,69-71H,3-5,22-28,57H2,1-2H3,(H2,58,72)(H2,59,73)(H,61,81)(H,62,76)(H,63,78)(H,64,77)(H,65,79)(H,66,80)(H,67,74)(H,68,75)/t29?,38-,39-,40+,41+,42-,43-,44+,45?/m0/s1. The lowest BCUT2D eigenvalue weighted by Crippen LogP contribution is -2.63. The van der Waals surface area contributed by atoms with Crippen LogP contribution in [0.3, 0.4) is 0 Å². The number of carbonyl (C=O) groups excluding carboxylic acids is 10. The van der Waals surface area contributed by atoms with Crippen molar-refractivity contribution in [3.63, 3.8) is 0 Å². The zero-order valence-electron chi connectivity index (χ0n) is 44.9. The van der Waals surface area contributed by atoms with E-state index in [9.17, 15) is 63.3 Å². The van der Waals surface area contributed by atoms with Crippen molar-refractivity contribution in [2.45, 2.75) is 106 Å². The number of rotatable bonds is 20. The van der Waals surface area contributed by atoms with Crippen LogP contribution in [0.15, 0.2) is 97.1 Å². The Kier molecular flexibility index (Phi) is 24.9. The molecule has 9 atom stereocenters. The molecule has 10 amide bonds. The van der Waals surface area contributed by atoms with Crippen molar-refractivity contribution < 1.29 is 63.3 Å². The van der Waals surface area contributed by atoms with Crippen molar-refractivity contribution in [1.82, 2.24) is 47.9 Å². The van der Waals surface area contributed by atoms with E-state index >= 15 is 0 Å². The van der Waals surface area contributed by atoms with Crippen LogP contribution in [0.5, 0.6) is 11.5 Å². The molecule has 0 aromatic heterocycles. The summed E-state index contributed by atoms with van der Waals surface area (Å²) >= 11 is 6.49. The number of amides is 10. The lowest BCUT2D eigenvalue weighted by molar-refractivity contribution is -0.137. The molecule has 27 heteroatoms. The van der Waals surface area contributed by atoms with Gasteiger partial charge in [0.15, 0.2) is 0 Å². The summed E-state index contributed by atoms with van der Waals surface area (Å²) < 4.78 is 0. The third-order valence-corrected chi connectivity index (χ3v) is 14.2. The minimum absolute atomic E-state index is 0.0277. The van der Waals surface area contributed by atoms with Crippen LogP contribution in [0.25, 0.3) is 0 Å². The van der Waals surface area contributed by atoms with E-state index < -0.39 is 125 Å². The van der Waals surface area contributed by atoms with Crippen LogP contribution in [0.1, 0.15) is 58.8 Å². The molecule has 1 fully saturated rings. The summed E-state index contributed by atoms with van der Waals surface area (Å²) in [6.07, 6.45) is -1.70. The SMILES string of the molecule is CNCCCC[C@@H]1NC(=O)[C@@H](Cc2ccc(C(N)=O)cc2)NC(=O)[C@H](Cc2ccc(O)cc2)NC(=O)[C@H](NC(=O)[C@@H](N)Cc2ccc(Cl)cc2)CSC(=O)NC[C@@H](C(=O)N[C@H](Cc2ccc(O)cc2)C(N)=O)NC(=O)C(C(C)O)NC1=O. The molecule has 0 spiro atoms. The fourth-order valence-electron chi connectivity index (χ4n) is 8.38. The number of halogens is 1. The smallest absolute Gasteiger partial charge is 0.279 e. The number of primary amides is 2. The van der Waals surface area contributed by atoms with Gasteiger partial charge in [-0.1, -0.05) is 71.9 Å². The third-order valence-electron chi connectivity index (χ3n) is 13.0. The quantitative estimate of drug-likeness (QED) is 0.0451. The van der Waals surface area contributed by atoms with Crippen LogP contribution in [0.2, 0.25) is 5.02 Å². The maximum Gasteiger partial charge on any atom is 0.279 e. The van der Waals surface area contributed by atoms with E-state index in [4.69, 9.17) is 28.8 Å². The highest BCUT2D eigenvalue weighted by atomic mass is 35.5. The maximum absolute atomic E-state index is 14.8. The molecule has 0 radical (unpaired) electrons. The highest BCUT2D eigenvalue weighted by Gasteiger charge is 2.37. The molecule has 1 aliphatic heterocycles. The van der Waals surface area contributed by atoms with Crippen LogP contribution in [-0.4, -0.2) is 154 Å². The topological polar surface area (TPSA) is 418 Å². The number of nitrogens with one attached hydrogen (secondary N) is 9. The molecule has 1 heterocycles. The molecule has 18 N–H and O–H groups in total. The lowest BCUT2D eigenvalue weighted by atomic mass is 10.00. The molecule has 82 heavy (non-hydrogen) atoms. The first kappa shape index (κ1) is 64.5. The largest absolute Gasteiger partial charge is 0.508 e. The zero-order chi connectivity index (χ0) is 60.0. The summed E-state index contributed by atoms with van der Waals surface area (Å²) in [5.41, 5.74) is 19.5. The number of hydrogen-bond donors (Lipinski definition) is 15. The number of thioether (sulfide) groups is 1. The molecule has 1 saturated heterocycles. The van der Waals surface area contributed by atoms with E-state index in [2.05, 4.69) is 47.9 Å². The van der Waals surface area contributed by atoms with Gasteiger partial charge in [-0.15, -0.1) is 0 Å². The van der Waals surface area contributed by atoms with E-state index in [0.717, 1.165) is 0 Å². The Morgan fingerprint density at radius 1 is 0.671 bits per heavy atom. The molecule has 2 unspecified atom stereocenters. The van der Waals surface area contributed by atoms with Gasteiger partial charge in [-0.3, -0.25) is 47.9 Å². The van der Waals surface area contributed by atoms with E-state index in [1.165, 1.54) is 79.7 Å². The van der Waals surface area contributed by atoms with Gasteiger partial charge in [0.1, 0.15) is 53.8 Å². The molecular weight excluding hydrogens is 1100 g/mol. The first-order valence-electron chi connectivity index (χ1n) is 26.1. The number of phenols is 2. The second-order valence-electron chi connectivity index (χ2n) is 19.5. The first-order valence-corrected chi connectivity index (χ1v) is 27.5. The van der Waals surface area contributed by atoms with Gasteiger partial charge in [0.2, 0.25) is 53.2 Å². The Bertz CT molecular complexity index is 2890. The summed E-state index contributed by atoms with van der Waals surface area (Å²) in [6, 6.07) is 11.0. The van der Waals surface area contributed by atoms with Crippen molar-refractivity contribution in [2.24, 2.45) is 17.2 Å². The number of carbonyl (C=O) groups is 10. The fourth-order valence-corrected chi connectivity index (χ4v) is 9.24. The molecular formula is C55H69ClN12O13S. The second-order valence-corrected chi connectivity index (χ2v) is 20.9. The van der Waals surface area contributed by atoms with Crippen LogP contribution < -0.4 is 65.1 Å². The lowest BCUT2D eigenvalue weighted by Gasteiger charge is -2.28. The minimum Gasteiger partial charge on any atom is -0.508 e. The molecule has 25 nitrogen and oxygen atoms in total. The highest BCUT2D eigenvalue weighted by molar-refractivity contribution is 8.13. The van der Waals surface area contributed by atoms with Crippen LogP contribution >= 0.6 is 23.4 Å². The average Bonchev–Trinajstić information content (AvgIpc) is 3.60. The minimum atomic E-state index is -1.84. The number of hydrogen-bond acceptors (Lipinski definition) is 16. The van der Waals surface area contributed by atoms with E-state index in [0.29, 0.717) is 58.4 Å². The van der Waals surface area contributed by atoms with Gasteiger partial charge in [0, 0.05) is 42.1 Å². The number of nitrogens with two attached hydrogens (primary N) is 3. The van der Waals surface area contributed by atoms with Crippen molar-refractivity contribution in [2.75, 3.05) is 25.9 Å². The van der Waals surface area contributed by atoms with E-state index in [-0.39, 0.29) is 49.2 Å². The van der Waals surface area contributed by atoms with Crippen LogP contribution in [0.4, 0.5) is 4.79 Å². The van der Waals surface area contributed by atoms with Gasteiger partial charge in [-0.25, -0.2) is 0 Å². The number of benzene rings is 4. The van der Waals surface area contributed by atoms with Gasteiger partial charge in [0.05, 0.1) is 12.1 Å². The predicted octanol–water partition coefficient (Wildman–Crippen LogP) is -1.45. The van der Waals surface area contributed by atoms with Gasteiger partial charge >= 0.3 is 0 Å². The Hall–Kier alpha value is -8.30. The van der Waals surface area contributed by atoms with Crippen LogP contribution in [-0.2, 0) is 64.0 Å². The fraction of sp³-hybridized carbons (Fsp3) is 0.382. The van der Waals surface area contributed by atoms with Gasteiger partial charge < -0.3 is 80.4 Å². The monoisotopic (exact) mass is 1170 g/mol. The van der Waals surface area contributed by atoms with Crippen LogP contribution in [0, 0.1) is 0 Å².